The first-order chi connectivity index (χ1) is 8.57. The van der Waals surface area contributed by atoms with Crippen LogP contribution in [0.2, 0.25) is 0 Å². The van der Waals surface area contributed by atoms with Crippen molar-refractivity contribution in [3.05, 3.63) is 39.4 Å². The van der Waals surface area contributed by atoms with Gasteiger partial charge in [0.2, 0.25) is 0 Å². The van der Waals surface area contributed by atoms with Crippen LogP contribution in [0.25, 0.3) is 0 Å². The summed E-state index contributed by atoms with van der Waals surface area (Å²) in [7, 11) is 0. The summed E-state index contributed by atoms with van der Waals surface area (Å²) in [5.74, 6) is -0.615. The molecule has 0 radical (unpaired) electrons. The number of nitrogens with zero attached hydrogens (tertiary/aromatic N) is 1. The maximum absolute atomic E-state index is 11.8. The van der Waals surface area contributed by atoms with Gasteiger partial charge in [0.05, 0.1) is 11.5 Å². The lowest BCUT2D eigenvalue weighted by Gasteiger charge is -2.07. The number of hydrogen-bond donors (Lipinski definition) is 0. The minimum Gasteiger partial charge on any atom is -0.462 e. The molecule has 0 atom stereocenters. The lowest BCUT2D eigenvalue weighted by molar-refractivity contribution is -0.385. The molecule has 0 amide bonds. The van der Waals surface area contributed by atoms with Crippen molar-refractivity contribution < 1.29 is 14.5 Å². The SMILES string of the molecule is CCCCCOC(=O)c1c(C)cccc1[N+](=O)[O-]. The number of carbonyl (C=O) groups is 1. The average Bonchev–Trinajstić information content (AvgIpc) is 2.34. The van der Waals surface area contributed by atoms with Gasteiger partial charge in [0.25, 0.3) is 5.69 Å². The van der Waals surface area contributed by atoms with E-state index in [1.807, 2.05) is 6.92 Å². The predicted octanol–water partition coefficient (Wildman–Crippen LogP) is 3.25. The van der Waals surface area contributed by atoms with Gasteiger partial charge in [-0.05, 0) is 18.9 Å². The van der Waals surface area contributed by atoms with Gasteiger partial charge >= 0.3 is 5.97 Å². The van der Waals surface area contributed by atoms with Crippen molar-refractivity contribution in [2.24, 2.45) is 0 Å². The Morgan fingerprint density at radius 3 is 2.72 bits per heavy atom. The smallest absolute Gasteiger partial charge is 0.345 e. The van der Waals surface area contributed by atoms with Gasteiger partial charge in [-0.2, -0.15) is 0 Å². The van der Waals surface area contributed by atoms with Gasteiger partial charge in [0, 0.05) is 6.07 Å². The number of esters is 1. The number of carbonyl (C=O) groups excluding carboxylic acids is 1. The predicted molar refractivity (Wildman–Crippen MR) is 67.6 cm³/mol. The summed E-state index contributed by atoms with van der Waals surface area (Å²) in [6.07, 6.45) is 2.78. The second-order valence-corrected chi connectivity index (χ2v) is 4.07. The highest BCUT2D eigenvalue weighted by molar-refractivity contribution is 5.95. The first-order valence-electron chi connectivity index (χ1n) is 5.99. The molecule has 0 aliphatic carbocycles. The van der Waals surface area contributed by atoms with Gasteiger partial charge in [0.15, 0.2) is 0 Å². The third-order valence-corrected chi connectivity index (χ3v) is 2.63. The van der Waals surface area contributed by atoms with Gasteiger partial charge in [0.1, 0.15) is 5.56 Å². The van der Waals surface area contributed by atoms with Crippen molar-refractivity contribution in [2.45, 2.75) is 33.1 Å². The molecule has 0 heterocycles. The van der Waals surface area contributed by atoms with E-state index in [9.17, 15) is 14.9 Å². The molecule has 0 saturated heterocycles. The van der Waals surface area contributed by atoms with E-state index in [1.165, 1.54) is 6.07 Å². The molecule has 0 fully saturated rings. The van der Waals surface area contributed by atoms with E-state index in [2.05, 4.69) is 0 Å². The summed E-state index contributed by atoms with van der Waals surface area (Å²) in [6.45, 7) is 4.02. The van der Waals surface area contributed by atoms with Gasteiger partial charge in [-0.25, -0.2) is 4.79 Å². The zero-order chi connectivity index (χ0) is 13.5. The molecule has 0 aromatic heterocycles. The van der Waals surface area contributed by atoms with Crippen LogP contribution < -0.4 is 0 Å². The quantitative estimate of drug-likeness (QED) is 0.337. The van der Waals surface area contributed by atoms with Crippen molar-refractivity contribution in [1.82, 2.24) is 0 Å². The van der Waals surface area contributed by atoms with Gasteiger partial charge in [-0.3, -0.25) is 10.1 Å². The molecule has 5 heteroatoms. The molecule has 0 saturated carbocycles. The Balaban J connectivity index is 2.81. The summed E-state index contributed by atoms with van der Waals surface area (Å²) >= 11 is 0. The zero-order valence-electron chi connectivity index (χ0n) is 10.6. The van der Waals surface area contributed by atoms with Gasteiger partial charge in [-0.1, -0.05) is 31.9 Å². The van der Waals surface area contributed by atoms with E-state index in [1.54, 1.807) is 19.1 Å². The van der Waals surface area contributed by atoms with Crippen molar-refractivity contribution >= 4 is 11.7 Å². The number of aryl methyl sites for hydroxylation is 1. The first-order valence-corrected chi connectivity index (χ1v) is 5.99. The highest BCUT2D eigenvalue weighted by Crippen LogP contribution is 2.22. The monoisotopic (exact) mass is 251 g/mol. The second kappa shape index (κ2) is 6.74. The lowest BCUT2D eigenvalue weighted by Crippen LogP contribution is -2.11. The van der Waals surface area contributed by atoms with Gasteiger partial charge in [-0.15, -0.1) is 0 Å². The molecule has 1 aromatic carbocycles. The summed E-state index contributed by atoms with van der Waals surface area (Å²) in [6, 6.07) is 4.53. The minimum atomic E-state index is -0.615. The summed E-state index contributed by atoms with van der Waals surface area (Å²) < 4.78 is 5.06. The molecule has 0 bridgehead atoms. The van der Waals surface area contributed by atoms with Crippen LogP contribution in [-0.2, 0) is 4.74 Å². The summed E-state index contributed by atoms with van der Waals surface area (Å²) in [5, 5.41) is 10.9. The van der Waals surface area contributed by atoms with Crippen LogP contribution in [-0.4, -0.2) is 17.5 Å². The Kier molecular flexibility index (Phi) is 5.30. The Bertz CT molecular complexity index is 443. The summed E-state index contributed by atoms with van der Waals surface area (Å²) in [5.41, 5.74) is 0.416. The van der Waals surface area contributed by atoms with Crippen LogP contribution in [0.5, 0.6) is 0 Å². The van der Waals surface area contributed by atoms with Gasteiger partial charge < -0.3 is 4.74 Å². The van der Waals surface area contributed by atoms with E-state index in [-0.39, 0.29) is 11.3 Å². The minimum absolute atomic E-state index is 0.0546. The van der Waals surface area contributed by atoms with Crippen molar-refractivity contribution in [2.75, 3.05) is 6.61 Å². The van der Waals surface area contributed by atoms with Crippen LogP contribution >= 0.6 is 0 Å². The molecule has 0 aliphatic heterocycles. The summed E-state index contributed by atoms with van der Waals surface area (Å²) in [4.78, 5) is 22.1. The molecule has 1 aromatic rings. The van der Waals surface area contributed by atoms with Crippen LogP contribution in [0.3, 0.4) is 0 Å². The van der Waals surface area contributed by atoms with Crippen molar-refractivity contribution in [1.29, 1.82) is 0 Å². The average molecular weight is 251 g/mol. The molecular weight excluding hydrogens is 234 g/mol. The number of hydrogen-bond acceptors (Lipinski definition) is 4. The Hall–Kier alpha value is -1.91. The maximum Gasteiger partial charge on any atom is 0.345 e. The number of unbranched alkanes of at least 4 members (excludes halogenated alkanes) is 2. The highest BCUT2D eigenvalue weighted by atomic mass is 16.6. The molecular formula is C13H17NO4. The molecule has 1 rings (SSSR count). The molecule has 98 valence electrons. The standard InChI is InChI=1S/C13H17NO4/c1-3-4-5-9-18-13(15)12-10(2)7-6-8-11(12)14(16)17/h6-8H,3-5,9H2,1-2H3. The molecule has 0 spiro atoms. The van der Waals surface area contributed by atoms with E-state index in [4.69, 9.17) is 4.74 Å². The molecule has 18 heavy (non-hydrogen) atoms. The van der Waals surface area contributed by atoms with Crippen LogP contribution in [0.1, 0.15) is 42.1 Å². The Morgan fingerprint density at radius 1 is 1.39 bits per heavy atom. The normalized spacial score (nSPS) is 10.1. The third kappa shape index (κ3) is 3.55. The van der Waals surface area contributed by atoms with E-state index < -0.39 is 10.9 Å². The number of nitro groups is 1. The fraction of sp³-hybridized carbons (Fsp3) is 0.462. The van der Waals surface area contributed by atoms with E-state index >= 15 is 0 Å². The van der Waals surface area contributed by atoms with Crippen LogP contribution in [0.15, 0.2) is 18.2 Å². The van der Waals surface area contributed by atoms with Crippen molar-refractivity contribution in [3.63, 3.8) is 0 Å². The molecule has 0 unspecified atom stereocenters. The first kappa shape index (κ1) is 14.2. The Labute approximate surface area is 106 Å². The largest absolute Gasteiger partial charge is 0.462 e. The topological polar surface area (TPSA) is 69.4 Å². The van der Waals surface area contributed by atoms with E-state index in [0.29, 0.717) is 12.2 Å². The highest BCUT2D eigenvalue weighted by Gasteiger charge is 2.23. The zero-order valence-corrected chi connectivity index (χ0v) is 10.6. The molecule has 5 nitrogen and oxygen atoms in total. The van der Waals surface area contributed by atoms with Crippen molar-refractivity contribution in [3.8, 4) is 0 Å². The second-order valence-electron chi connectivity index (χ2n) is 4.07. The number of benzene rings is 1. The number of rotatable bonds is 6. The van der Waals surface area contributed by atoms with Crippen LogP contribution in [0, 0.1) is 17.0 Å². The van der Waals surface area contributed by atoms with Crippen LogP contribution in [0.4, 0.5) is 5.69 Å². The van der Waals surface area contributed by atoms with E-state index in [0.717, 1.165) is 19.3 Å². The number of nitro benzene ring substituents is 1. The fourth-order valence-electron chi connectivity index (χ4n) is 1.66. The lowest BCUT2D eigenvalue weighted by atomic mass is 10.1. The number of ether oxygens (including phenoxy) is 1. The maximum atomic E-state index is 11.8. The third-order valence-electron chi connectivity index (χ3n) is 2.63. The molecule has 0 aliphatic rings. The fourth-order valence-corrected chi connectivity index (χ4v) is 1.66. The molecule has 0 N–H and O–H groups in total. The Morgan fingerprint density at radius 2 is 2.11 bits per heavy atom.